The zero-order valence-corrected chi connectivity index (χ0v) is 13.4. The van der Waals surface area contributed by atoms with Gasteiger partial charge in [-0.3, -0.25) is 4.79 Å². The van der Waals surface area contributed by atoms with Gasteiger partial charge >= 0.3 is 0 Å². The molecule has 4 heteroatoms. The van der Waals surface area contributed by atoms with Crippen LogP contribution in [0.2, 0.25) is 0 Å². The number of amides is 1. The molecule has 0 bridgehead atoms. The van der Waals surface area contributed by atoms with E-state index in [1.165, 1.54) is 18.4 Å². The lowest BCUT2D eigenvalue weighted by Crippen LogP contribution is -2.34. The molecule has 0 saturated carbocycles. The van der Waals surface area contributed by atoms with E-state index in [1.807, 2.05) is 12.1 Å². The van der Waals surface area contributed by atoms with Gasteiger partial charge in [-0.15, -0.1) is 0 Å². The number of carbonyl (C=O) groups excluding carboxylic acids is 1. The first-order chi connectivity index (χ1) is 10.7. The van der Waals surface area contributed by atoms with Crippen molar-refractivity contribution in [1.29, 1.82) is 0 Å². The summed E-state index contributed by atoms with van der Waals surface area (Å²) in [6.07, 6.45) is 5.14. The van der Waals surface area contributed by atoms with Gasteiger partial charge < -0.3 is 15.4 Å². The highest BCUT2D eigenvalue weighted by Gasteiger charge is 2.22. The molecule has 2 heterocycles. The topological polar surface area (TPSA) is 50.4 Å². The molecule has 1 amide bonds. The van der Waals surface area contributed by atoms with Crippen LogP contribution in [0.1, 0.15) is 38.2 Å². The number of aryl methyl sites for hydroxylation is 1. The van der Waals surface area contributed by atoms with Gasteiger partial charge in [0.25, 0.3) is 0 Å². The van der Waals surface area contributed by atoms with Crippen molar-refractivity contribution in [3.63, 3.8) is 0 Å². The van der Waals surface area contributed by atoms with Gasteiger partial charge in [-0.25, -0.2) is 0 Å². The van der Waals surface area contributed by atoms with Crippen LogP contribution in [0.5, 0.6) is 5.75 Å². The molecule has 2 unspecified atom stereocenters. The standard InChI is InChI=1S/C18H26N2O2/c1-13(15-4-2-8-19-12-15)10-18(21)20-16-6-7-17-14(11-16)5-3-9-22-17/h6-7,11,13,15,19H,2-5,8-10,12H2,1H3,(H,20,21). The molecule has 2 atom stereocenters. The number of carbonyl (C=O) groups is 1. The average molecular weight is 302 g/mol. The summed E-state index contributed by atoms with van der Waals surface area (Å²) in [5, 5.41) is 6.47. The molecule has 0 radical (unpaired) electrons. The van der Waals surface area contributed by atoms with Gasteiger partial charge in [0.15, 0.2) is 0 Å². The first-order valence-corrected chi connectivity index (χ1v) is 8.48. The predicted octanol–water partition coefficient (Wildman–Crippen LogP) is 2.98. The maximum atomic E-state index is 12.3. The Kier molecular flexibility index (Phi) is 4.98. The van der Waals surface area contributed by atoms with Crippen molar-refractivity contribution < 1.29 is 9.53 Å². The summed E-state index contributed by atoms with van der Waals surface area (Å²) in [6.45, 7) is 5.15. The van der Waals surface area contributed by atoms with Crippen LogP contribution < -0.4 is 15.4 Å². The number of benzene rings is 1. The van der Waals surface area contributed by atoms with Gasteiger partial charge in [0.05, 0.1) is 6.61 Å². The minimum atomic E-state index is 0.120. The quantitative estimate of drug-likeness (QED) is 0.899. The Bertz CT molecular complexity index is 524. The van der Waals surface area contributed by atoms with Crippen LogP contribution in [0.3, 0.4) is 0 Å². The van der Waals surface area contributed by atoms with Crippen molar-refractivity contribution in [1.82, 2.24) is 5.32 Å². The van der Waals surface area contributed by atoms with Crippen LogP contribution in [0.25, 0.3) is 0 Å². The molecule has 0 spiro atoms. The third kappa shape index (κ3) is 3.80. The molecule has 120 valence electrons. The second-order valence-electron chi connectivity index (χ2n) is 6.61. The number of fused-ring (bicyclic) bond motifs is 1. The van der Waals surface area contributed by atoms with E-state index in [9.17, 15) is 4.79 Å². The van der Waals surface area contributed by atoms with Crippen LogP contribution in [0.15, 0.2) is 18.2 Å². The molecule has 2 aliphatic heterocycles. The van der Waals surface area contributed by atoms with E-state index in [0.29, 0.717) is 18.3 Å². The number of rotatable bonds is 4. The lowest BCUT2D eigenvalue weighted by atomic mass is 9.85. The van der Waals surface area contributed by atoms with E-state index in [-0.39, 0.29) is 5.91 Å². The monoisotopic (exact) mass is 302 g/mol. The van der Waals surface area contributed by atoms with E-state index in [2.05, 4.69) is 23.6 Å². The van der Waals surface area contributed by atoms with Gasteiger partial charge in [-0.1, -0.05) is 6.92 Å². The fraction of sp³-hybridized carbons (Fsp3) is 0.611. The minimum Gasteiger partial charge on any atom is -0.493 e. The highest BCUT2D eigenvalue weighted by atomic mass is 16.5. The maximum absolute atomic E-state index is 12.3. The number of piperidine rings is 1. The van der Waals surface area contributed by atoms with Gasteiger partial charge in [0, 0.05) is 12.1 Å². The normalized spacial score (nSPS) is 22.3. The van der Waals surface area contributed by atoms with Crippen molar-refractivity contribution >= 4 is 11.6 Å². The van der Waals surface area contributed by atoms with Crippen LogP contribution >= 0.6 is 0 Å². The van der Waals surface area contributed by atoms with Crippen molar-refractivity contribution in [3.05, 3.63) is 23.8 Å². The summed E-state index contributed by atoms with van der Waals surface area (Å²) < 4.78 is 5.61. The molecule has 0 aliphatic carbocycles. The fourth-order valence-electron chi connectivity index (χ4n) is 3.47. The predicted molar refractivity (Wildman–Crippen MR) is 88.3 cm³/mol. The summed E-state index contributed by atoms with van der Waals surface area (Å²) in [5.74, 6) is 2.13. The second-order valence-corrected chi connectivity index (χ2v) is 6.61. The Morgan fingerprint density at radius 3 is 3.18 bits per heavy atom. The summed E-state index contributed by atoms with van der Waals surface area (Å²) in [6, 6.07) is 5.96. The molecular weight excluding hydrogens is 276 g/mol. The van der Waals surface area contributed by atoms with E-state index >= 15 is 0 Å². The lowest BCUT2D eigenvalue weighted by molar-refractivity contribution is -0.117. The van der Waals surface area contributed by atoms with Crippen molar-refractivity contribution in [2.45, 2.75) is 39.0 Å². The zero-order chi connectivity index (χ0) is 15.4. The van der Waals surface area contributed by atoms with Gasteiger partial charge in [0.1, 0.15) is 5.75 Å². The average Bonchev–Trinajstić information content (AvgIpc) is 2.55. The van der Waals surface area contributed by atoms with Crippen LogP contribution in [-0.4, -0.2) is 25.6 Å². The lowest BCUT2D eigenvalue weighted by Gasteiger charge is -2.28. The first kappa shape index (κ1) is 15.3. The summed E-state index contributed by atoms with van der Waals surface area (Å²) >= 11 is 0. The Labute approximate surface area is 132 Å². The molecule has 22 heavy (non-hydrogen) atoms. The number of hydrogen-bond acceptors (Lipinski definition) is 3. The van der Waals surface area contributed by atoms with E-state index < -0.39 is 0 Å². The third-order valence-corrected chi connectivity index (χ3v) is 4.84. The molecule has 1 saturated heterocycles. The van der Waals surface area contributed by atoms with Gasteiger partial charge in [-0.05, 0) is 74.4 Å². The smallest absolute Gasteiger partial charge is 0.224 e. The van der Waals surface area contributed by atoms with E-state index in [4.69, 9.17) is 4.74 Å². The Morgan fingerprint density at radius 1 is 1.45 bits per heavy atom. The summed E-state index contributed by atoms with van der Waals surface area (Å²) in [5.41, 5.74) is 2.09. The number of hydrogen-bond donors (Lipinski definition) is 2. The van der Waals surface area contributed by atoms with Gasteiger partial charge in [-0.2, -0.15) is 0 Å². The molecule has 1 fully saturated rings. The minimum absolute atomic E-state index is 0.120. The maximum Gasteiger partial charge on any atom is 0.224 e. The number of nitrogens with one attached hydrogen (secondary N) is 2. The molecular formula is C18H26N2O2. The van der Waals surface area contributed by atoms with Crippen molar-refractivity contribution in [2.24, 2.45) is 11.8 Å². The van der Waals surface area contributed by atoms with Gasteiger partial charge in [0.2, 0.25) is 5.91 Å². The molecule has 1 aromatic rings. The second kappa shape index (κ2) is 7.14. The van der Waals surface area contributed by atoms with Crippen LogP contribution in [0.4, 0.5) is 5.69 Å². The molecule has 2 aliphatic rings. The van der Waals surface area contributed by atoms with Crippen LogP contribution in [-0.2, 0) is 11.2 Å². The fourth-order valence-corrected chi connectivity index (χ4v) is 3.47. The molecule has 0 aromatic heterocycles. The largest absolute Gasteiger partial charge is 0.493 e. The highest BCUT2D eigenvalue weighted by Crippen LogP contribution is 2.28. The molecule has 2 N–H and O–H groups in total. The van der Waals surface area contributed by atoms with Crippen molar-refractivity contribution in [2.75, 3.05) is 25.0 Å². The Balaban J connectivity index is 1.54. The van der Waals surface area contributed by atoms with Crippen LogP contribution in [0, 0.1) is 11.8 Å². The highest BCUT2D eigenvalue weighted by molar-refractivity contribution is 5.91. The Morgan fingerprint density at radius 2 is 2.36 bits per heavy atom. The first-order valence-electron chi connectivity index (χ1n) is 8.48. The van der Waals surface area contributed by atoms with E-state index in [0.717, 1.165) is 44.0 Å². The summed E-state index contributed by atoms with van der Waals surface area (Å²) in [4.78, 5) is 12.3. The zero-order valence-electron chi connectivity index (χ0n) is 13.4. The third-order valence-electron chi connectivity index (χ3n) is 4.84. The SMILES string of the molecule is CC(CC(=O)Nc1ccc2c(c1)CCCO2)C1CCCNC1. The molecule has 1 aromatic carbocycles. The molecule has 4 nitrogen and oxygen atoms in total. The summed E-state index contributed by atoms with van der Waals surface area (Å²) in [7, 11) is 0. The molecule has 3 rings (SSSR count). The Hall–Kier alpha value is -1.55. The number of anilines is 1. The number of ether oxygens (including phenoxy) is 1. The van der Waals surface area contributed by atoms with E-state index in [1.54, 1.807) is 0 Å². The van der Waals surface area contributed by atoms with Crippen molar-refractivity contribution in [3.8, 4) is 5.75 Å².